The highest BCUT2D eigenvalue weighted by atomic mass is 16.5. The minimum atomic E-state index is 0.689. The van der Waals surface area contributed by atoms with Crippen LogP contribution in [0, 0.1) is 0 Å². The van der Waals surface area contributed by atoms with Crippen LogP contribution >= 0.6 is 0 Å². The third-order valence-electron chi connectivity index (χ3n) is 7.60. The average molecular weight is 514 g/mol. The fourth-order valence-corrected chi connectivity index (χ4v) is 5.23. The van der Waals surface area contributed by atoms with Gasteiger partial charge in [0.15, 0.2) is 5.58 Å². The Kier molecular flexibility index (Phi) is 11.6. The van der Waals surface area contributed by atoms with Gasteiger partial charge in [0, 0.05) is 5.56 Å². The van der Waals surface area contributed by atoms with E-state index < -0.39 is 0 Å². The molecule has 0 saturated heterocycles. The van der Waals surface area contributed by atoms with E-state index in [0.29, 0.717) is 5.89 Å². The van der Waals surface area contributed by atoms with Crippen LogP contribution in [0.15, 0.2) is 59.0 Å². The lowest BCUT2D eigenvalue weighted by Gasteiger charge is -2.08. The number of benzene rings is 3. The Morgan fingerprint density at radius 1 is 0.632 bits per heavy atom. The first-order valence-electron chi connectivity index (χ1n) is 15.3. The van der Waals surface area contributed by atoms with Crippen molar-refractivity contribution in [2.75, 3.05) is 6.61 Å². The third kappa shape index (κ3) is 8.61. The molecule has 0 spiro atoms. The van der Waals surface area contributed by atoms with Crippen molar-refractivity contribution in [2.24, 2.45) is 0 Å². The molecule has 0 aliphatic rings. The summed E-state index contributed by atoms with van der Waals surface area (Å²) in [5.74, 6) is 1.64. The van der Waals surface area contributed by atoms with Crippen LogP contribution in [0.5, 0.6) is 5.75 Å². The molecule has 3 aromatic carbocycles. The molecule has 0 bridgehead atoms. The van der Waals surface area contributed by atoms with Crippen molar-refractivity contribution in [2.45, 2.75) is 110 Å². The van der Waals surface area contributed by atoms with Crippen molar-refractivity contribution in [1.82, 2.24) is 4.98 Å². The second-order valence-electron chi connectivity index (χ2n) is 10.9. The van der Waals surface area contributed by atoms with Gasteiger partial charge in [-0.1, -0.05) is 109 Å². The molecular weight excluding hydrogens is 466 g/mol. The molecule has 0 unspecified atom stereocenters. The van der Waals surface area contributed by atoms with Crippen molar-refractivity contribution in [3.63, 3.8) is 0 Å². The van der Waals surface area contributed by atoms with Crippen LogP contribution < -0.4 is 4.74 Å². The highest BCUT2D eigenvalue weighted by Gasteiger charge is 2.10. The minimum absolute atomic E-state index is 0.689. The summed E-state index contributed by atoms with van der Waals surface area (Å²) >= 11 is 0. The van der Waals surface area contributed by atoms with E-state index in [1.807, 2.05) is 0 Å². The first kappa shape index (κ1) is 28.2. The number of rotatable bonds is 18. The number of nitrogens with zero attached hydrogens (tertiary/aromatic N) is 1. The van der Waals surface area contributed by atoms with E-state index in [9.17, 15) is 0 Å². The van der Waals surface area contributed by atoms with Crippen LogP contribution in [0.1, 0.15) is 109 Å². The predicted molar refractivity (Wildman–Crippen MR) is 162 cm³/mol. The Morgan fingerprint density at radius 2 is 1.29 bits per heavy atom. The van der Waals surface area contributed by atoms with Crippen molar-refractivity contribution in [3.05, 3.63) is 60.2 Å². The Bertz CT molecular complexity index is 1240. The van der Waals surface area contributed by atoms with E-state index in [1.54, 1.807) is 0 Å². The second-order valence-corrected chi connectivity index (χ2v) is 10.9. The zero-order chi connectivity index (χ0) is 26.4. The Morgan fingerprint density at radius 3 is 2.05 bits per heavy atom. The van der Waals surface area contributed by atoms with Crippen molar-refractivity contribution in [3.8, 4) is 17.2 Å². The van der Waals surface area contributed by atoms with Gasteiger partial charge in [-0.25, -0.2) is 4.98 Å². The van der Waals surface area contributed by atoms with E-state index in [4.69, 9.17) is 14.1 Å². The summed E-state index contributed by atoms with van der Waals surface area (Å²) in [6.45, 7) is 5.33. The number of oxazole rings is 1. The molecule has 4 aromatic rings. The van der Waals surface area contributed by atoms with Gasteiger partial charge in [0.1, 0.15) is 11.3 Å². The fourth-order valence-electron chi connectivity index (χ4n) is 5.23. The number of hydrogen-bond acceptors (Lipinski definition) is 3. The molecule has 204 valence electrons. The van der Waals surface area contributed by atoms with Gasteiger partial charge in [0.2, 0.25) is 5.89 Å². The van der Waals surface area contributed by atoms with Crippen molar-refractivity contribution in [1.29, 1.82) is 0 Å². The number of hydrogen-bond donors (Lipinski definition) is 0. The first-order valence-corrected chi connectivity index (χ1v) is 15.3. The molecule has 0 aliphatic carbocycles. The van der Waals surface area contributed by atoms with Gasteiger partial charge in [-0.15, -0.1) is 0 Å². The van der Waals surface area contributed by atoms with E-state index in [0.717, 1.165) is 41.9 Å². The lowest BCUT2D eigenvalue weighted by molar-refractivity contribution is 0.304. The lowest BCUT2D eigenvalue weighted by Crippen LogP contribution is -1.97. The van der Waals surface area contributed by atoms with Crippen LogP contribution in [-0.4, -0.2) is 11.6 Å². The fraction of sp³-hybridized carbons (Fsp3) is 0.514. The van der Waals surface area contributed by atoms with Crippen LogP contribution in [0.2, 0.25) is 0 Å². The maximum atomic E-state index is 6.13. The number of fused-ring (bicyclic) bond motifs is 2. The molecule has 38 heavy (non-hydrogen) atoms. The van der Waals surface area contributed by atoms with E-state index in [1.165, 1.54) is 99.8 Å². The predicted octanol–water partition coefficient (Wildman–Crippen LogP) is 11.1. The second kappa shape index (κ2) is 15.6. The molecule has 1 aromatic heterocycles. The van der Waals surface area contributed by atoms with Crippen LogP contribution in [0.3, 0.4) is 0 Å². The first-order chi connectivity index (χ1) is 18.8. The zero-order valence-electron chi connectivity index (χ0n) is 23.8. The van der Waals surface area contributed by atoms with Crippen molar-refractivity contribution < 1.29 is 9.15 Å². The quantitative estimate of drug-likeness (QED) is 0.124. The van der Waals surface area contributed by atoms with E-state index >= 15 is 0 Å². The van der Waals surface area contributed by atoms with Gasteiger partial charge in [-0.2, -0.15) is 0 Å². The number of aryl methyl sites for hydroxylation is 1. The molecule has 0 atom stereocenters. The summed E-state index contributed by atoms with van der Waals surface area (Å²) in [6.07, 6.45) is 19.6. The van der Waals surface area contributed by atoms with Gasteiger partial charge in [-0.3, -0.25) is 0 Å². The summed E-state index contributed by atoms with van der Waals surface area (Å²) in [5.41, 5.74) is 4.18. The number of aromatic nitrogens is 1. The molecule has 0 aliphatic heterocycles. The smallest absolute Gasteiger partial charge is 0.227 e. The highest BCUT2D eigenvalue weighted by molar-refractivity contribution is 5.88. The number of ether oxygens (including phenoxy) is 1. The Balaban J connectivity index is 1.28. The summed E-state index contributed by atoms with van der Waals surface area (Å²) < 4.78 is 12.2. The molecule has 0 N–H and O–H groups in total. The summed E-state index contributed by atoms with van der Waals surface area (Å²) in [4.78, 5) is 4.83. The topological polar surface area (TPSA) is 35.3 Å². The standard InChI is InChI=1S/C35H47NO2/c1-3-5-7-9-11-12-14-16-24-37-32-22-21-29-26-31(20-19-30(29)27-32)35-36-33-25-28(18-23-34(33)38-35)17-15-13-10-8-6-4-2/h18-23,25-27H,3-17,24H2,1-2H3. The zero-order valence-corrected chi connectivity index (χ0v) is 23.8. The Labute approximate surface area is 230 Å². The number of unbranched alkanes of at least 4 members (excludes halogenated alkanes) is 12. The summed E-state index contributed by atoms with van der Waals surface area (Å²) in [7, 11) is 0. The highest BCUT2D eigenvalue weighted by Crippen LogP contribution is 2.29. The largest absolute Gasteiger partial charge is 0.494 e. The monoisotopic (exact) mass is 513 g/mol. The van der Waals surface area contributed by atoms with Gasteiger partial charge in [-0.05, 0) is 72.0 Å². The minimum Gasteiger partial charge on any atom is -0.494 e. The molecular formula is C35H47NO2. The van der Waals surface area contributed by atoms with Gasteiger partial charge >= 0.3 is 0 Å². The molecule has 3 nitrogen and oxygen atoms in total. The maximum Gasteiger partial charge on any atom is 0.227 e. The molecule has 0 fully saturated rings. The molecule has 0 amide bonds. The summed E-state index contributed by atoms with van der Waals surface area (Å²) in [6, 6.07) is 19.3. The normalized spacial score (nSPS) is 11.5. The van der Waals surface area contributed by atoms with E-state index in [2.05, 4.69) is 68.4 Å². The SMILES string of the molecule is CCCCCCCCCCOc1ccc2cc(-c3nc4cc(CCCCCCCC)ccc4o3)ccc2c1. The maximum absolute atomic E-state index is 6.13. The van der Waals surface area contributed by atoms with Crippen LogP contribution in [-0.2, 0) is 6.42 Å². The lowest BCUT2D eigenvalue weighted by atomic mass is 10.0. The van der Waals surface area contributed by atoms with Gasteiger partial charge in [0.25, 0.3) is 0 Å². The molecule has 3 heteroatoms. The third-order valence-corrected chi connectivity index (χ3v) is 7.60. The van der Waals surface area contributed by atoms with Crippen LogP contribution in [0.4, 0.5) is 0 Å². The van der Waals surface area contributed by atoms with Crippen LogP contribution in [0.25, 0.3) is 33.3 Å². The van der Waals surface area contributed by atoms with E-state index in [-0.39, 0.29) is 0 Å². The average Bonchev–Trinajstić information content (AvgIpc) is 3.37. The van der Waals surface area contributed by atoms with Gasteiger partial charge in [0.05, 0.1) is 6.61 Å². The molecule has 0 radical (unpaired) electrons. The Hall–Kier alpha value is -2.81. The van der Waals surface area contributed by atoms with Gasteiger partial charge < -0.3 is 9.15 Å². The molecule has 4 rings (SSSR count). The molecule has 0 saturated carbocycles. The van der Waals surface area contributed by atoms with Crippen molar-refractivity contribution >= 4 is 21.9 Å². The summed E-state index contributed by atoms with van der Waals surface area (Å²) in [5, 5.41) is 2.35. The molecule has 1 heterocycles.